The summed E-state index contributed by atoms with van der Waals surface area (Å²) in [5, 5.41) is 6.29. The Kier molecular flexibility index (Phi) is 5.66. The lowest BCUT2D eigenvalue weighted by Crippen LogP contribution is -2.30. The van der Waals surface area contributed by atoms with Gasteiger partial charge in [-0.05, 0) is 43.2 Å². The fourth-order valence-corrected chi connectivity index (χ4v) is 3.56. The van der Waals surface area contributed by atoms with Crippen molar-refractivity contribution < 1.29 is 9.53 Å². The molecule has 1 fully saturated rings. The van der Waals surface area contributed by atoms with Crippen molar-refractivity contribution in [3.8, 4) is 5.75 Å². The van der Waals surface area contributed by atoms with Gasteiger partial charge >= 0.3 is 0 Å². The Balaban J connectivity index is 1.71. The van der Waals surface area contributed by atoms with E-state index in [1.807, 2.05) is 49.4 Å². The first-order valence-electron chi connectivity index (χ1n) is 8.46. The zero-order chi connectivity index (χ0) is 17.6. The van der Waals surface area contributed by atoms with E-state index in [1.165, 1.54) is 17.3 Å². The summed E-state index contributed by atoms with van der Waals surface area (Å²) >= 11 is 1.48. The molecule has 0 unspecified atom stereocenters. The predicted octanol–water partition coefficient (Wildman–Crippen LogP) is 4.25. The van der Waals surface area contributed by atoms with Gasteiger partial charge in [0.2, 0.25) is 0 Å². The van der Waals surface area contributed by atoms with E-state index < -0.39 is 0 Å². The van der Waals surface area contributed by atoms with Crippen LogP contribution < -0.4 is 15.4 Å². The number of hydrogen-bond donors (Lipinski definition) is 2. The third-order valence-corrected chi connectivity index (χ3v) is 4.92. The minimum absolute atomic E-state index is 0.0704. The molecule has 1 aliphatic heterocycles. The predicted molar refractivity (Wildman–Crippen MR) is 105 cm³/mol. The summed E-state index contributed by atoms with van der Waals surface area (Å²) in [5.41, 5.74) is 3.02. The van der Waals surface area contributed by atoms with Gasteiger partial charge < -0.3 is 15.4 Å². The van der Waals surface area contributed by atoms with Crippen molar-refractivity contribution in [2.45, 2.75) is 25.8 Å². The average molecular weight is 354 g/mol. The molecule has 1 amide bonds. The number of para-hydroxylation sites is 1. The molecule has 5 heteroatoms. The molecule has 2 aromatic rings. The molecule has 1 aliphatic rings. The Hall–Kier alpha value is -2.40. The van der Waals surface area contributed by atoms with E-state index in [0.717, 1.165) is 23.4 Å². The second kappa shape index (κ2) is 8.12. The van der Waals surface area contributed by atoms with Crippen LogP contribution in [-0.2, 0) is 11.2 Å². The number of carbonyl (C=O) groups excluding carboxylic acids is 1. The van der Waals surface area contributed by atoms with Crippen LogP contribution in [0.2, 0.25) is 0 Å². The third kappa shape index (κ3) is 4.37. The van der Waals surface area contributed by atoms with Crippen LogP contribution >= 0.6 is 11.8 Å². The maximum Gasteiger partial charge on any atom is 0.260 e. The highest BCUT2D eigenvalue weighted by Crippen LogP contribution is 2.32. The van der Waals surface area contributed by atoms with Gasteiger partial charge in [0.15, 0.2) is 5.50 Å². The Bertz CT molecular complexity index is 772. The van der Waals surface area contributed by atoms with Crippen LogP contribution in [0.15, 0.2) is 53.4 Å². The quantitative estimate of drug-likeness (QED) is 0.762. The monoisotopic (exact) mass is 354 g/mol. The van der Waals surface area contributed by atoms with Gasteiger partial charge in [0.25, 0.3) is 5.91 Å². The van der Waals surface area contributed by atoms with Crippen LogP contribution in [0.25, 0.3) is 6.08 Å². The topological polar surface area (TPSA) is 50.4 Å². The number of ether oxygens (including phenoxy) is 1. The van der Waals surface area contributed by atoms with Crippen molar-refractivity contribution in [1.29, 1.82) is 0 Å². The van der Waals surface area contributed by atoms with Crippen LogP contribution in [0.3, 0.4) is 0 Å². The molecule has 4 nitrogen and oxygen atoms in total. The molecule has 0 spiro atoms. The molecule has 25 heavy (non-hydrogen) atoms. The van der Waals surface area contributed by atoms with Crippen LogP contribution in [0.1, 0.15) is 25.0 Å². The Labute approximate surface area is 152 Å². The summed E-state index contributed by atoms with van der Waals surface area (Å²) in [6.45, 7) is 4.68. The molecule has 2 aromatic carbocycles. The normalized spacial score (nSPS) is 18.2. The van der Waals surface area contributed by atoms with Gasteiger partial charge in [-0.25, -0.2) is 0 Å². The lowest BCUT2D eigenvalue weighted by Gasteiger charge is -2.13. The first-order valence-corrected chi connectivity index (χ1v) is 9.34. The SMILES string of the molecule is CCOc1ccccc1/C=C1\S[C@@H](Nc2ccc(CC)cc2)NC1=O. The van der Waals surface area contributed by atoms with Gasteiger partial charge in [-0.1, -0.05) is 49.0 Å². The molecule has 130 valence electrons. The number of carbonyl (C=O) groups is 1. The lowest BCUT2D eigenvalue weighted by molar-refractivity contribution is -0.116. The second-order valence-corrected chi connectivity index (χ2v) is 6.79. The molecule has 1 heterocycles. The lowest BCUT2D eigenvalue weighted by atomic mass is 10.1. The fraction of sp³-hybridized carbons (Fsp3) is 0.250. The minimum Gasteiger partial charge on any atom is -0.493 e. The van der Waals surface area contributed by atoms with Crippen molar-refractivity contribution in [2.24, 2.45) is 0 Å². The molecular formula is C20H22N2O2S. The summed E-state index contributed by atoms with van der Waals surface area (Å²) in [6, 6.07) is 16.0. The summed E-state index contributed by atoms with van der Waals surface area (Å²) in [5.74, 6) is 0.719. The molecule has 1 atom stereocenters. The highest BCUT2D eigenvalue weighted by molar-refractivity contribution is 8.05. The second-order valence-electron chi connectivity index (χ2n) is 5.65. The maximum absolute atomic E-state index is 12.3. The number of aryl methyl sites for hydroxylation is 1. The van der Waals surface area contributed by atoms with Gasteiger partial charge in [-0.3, -0.25) is 4.79 Å². The first-order chi connectivity index (χ1) is 12.2. The summed E-state index contributed by atoms with van der Waals surface area (Å²) < 4.78 is 5.63. The zero-order valence-corrected chi connectivity index (χ0v) is 15.2. The van der Waals surface area contributed by atoms with E-state index in [9.17, 15) is 4.79 Å². The Morgan fingerprint density at radius 2 is 1.92 bits per heavy atom. The Morgan fingerprint density at radius 1 is 1.16 bits per heavy atom. The summed E-state index contributed by atoms with van der Waals surface area (Å²) in [7, 11) is 0. The van der Waals surface area contributed by atoms with Crippen LogP contribution in [0, 0.1) is 0 Å². The number of nitrogens with one attached hydrogen (secondary N) is 2. The van der Waals surface area contributed by atoms with Crippen LogP contribution in [-0.4, -0.2) is 18.0 Å². The van der Waals surface area contributed by atoms with E-state index in [4.69, 9.17) is 4.74 Å². The van der Waals surface area contributed by atoms with E-state index in [0.29, 0.717) is 11.5 Å². The molecule has 3 rings (SSSR count). The number of thioether (sulfide) groups is 1. The van der Waals surface area contributed by atoms with Crippen LogP contribution in [0.4, 0.5) is 5.69 Å². The largest absolute Gasteiger partial charge is 0.493 e. The van der Waals surface area contributed by atoms with Crippen molar-refractivity contribution in [3.05, 3.63) is 64.6 Å². The van der Waals surface area contributed by atoms with Crippen molar-refractivity contribution in [3.63, 3.8) is 0 Å². The molecule has 0 bridgehead atoms. The molecule has 0 aromatic heterocycles. The smallest absolute Gasteiger partial charge is 0.260 e. The first kappa shape index (κ1) is 17.4. The molecular weight excluding hydrogens is 332 g/mol. The molecule has 0 radical (unpaired) electrons. The minimum atomic E-state index is -0.175. The molecule has 1 saturated heterocycles. The molecule has 2 N–H and O–H groups in total. The number of hydrogen-bond acceptors (Lipinski definition) is 4. The number of benzene rings is 2. The summed E-state index contributed by atoms with van der Waals surface area (Å²) in [6.07, 6.45) is 2.90. The standard InChI is InChI=1S/C20H22N2O2S/c1-3-14-9-11-16(12-10-14)21-20-22-19(23)18(25-20)13-15-7-5-6-8-17(15)24-4-2/h5-13,20-21H,3-4H2,1-2H3,(H,22,23)/b18-13-/t20-/m0/s1. The van der Waals surface area contributed by atoms with Gasteiger partial charge in [-0.15, -0.1) is 0 Å². The zero-order valence-electron chi connectivity index (χ0n) is 14.4. The number of anilines is 1. The molecule has 0 aliphatic carbocycles. The highest BCUT2D eigenvalue weighted by atomic mass is 32.2. The van der Waals surface area contributed by atoms with Gasteiger partial charge in [0.05, 0.1) is 11.5 Å². The third-order valence-electron chi connectivity index (χ3n) is 3.90. The van der Waals surface area contributed by atoms with E-state index in [2.05, 4.69) is 29.7 Å². The van der Waals surface area contributed by atoms with Crippen LogP contribution in [0.5, 0.6) is 5.75 Å². The Morgan fingerprint density at radius 3 is 2.64 bits per heavy atom. The highest BCUT2D eigenvalue weighted by Gasteiger charge is 2.27. The molecule has 0 saturated carbocycles. The summed E-state index contributed by atoms with van der Waals surface area (Å²) in [4.78, 5) is 12.9. The van der Waals surface area contributed by atoms with Crippen molar-refractivity contribution in [2.75, 3.05) is 11.9 Å². The fourth-order valence-electron chi connectivity index (χ4n) is 2.58. The van der Waals surface area contributed by atoms with Gasteiger partial charge in [0, 0.05) is 11.3 Å². The van der Waals surface area contributed by atoms with E-state index in [1.54, 1.807) is 0 Å². The van der Waals surface area contributed by atoms with E-state index in [-0.39, 0.29) is 11.4 Å². The number of rotatable bonds is 6. The number of amides is 1. The van der Waals surface area contributed by atoms with Crippen molar-refractivity contribution in [1.82, 2.24) is 5.32 Å². The maximum atomic E-state index is 12.3. The van der Waals surface area contributed by atoms with Gasteiger partial charge in [0.1, 0.15) is 5.75 Å². The van der Waals surface area contributed by atoms with Gasteiger partial charge in [-0.2, -0.15) is 0 Å². The van der Waals surface area contributed by atoms with Crippen molar-refractivity contribution >= 4 is 29.4 Å². The van der Waals surface area contributed by atoms with E-state index >= 15 is 0 Å². The average Bonchev–Trinajstić information content (AvgIpc) is 2.97.